The lowest BCUT2D eigenvalue weighted by Gasteiger charge is -2.12. The van der Waals surface area contributed by atoms with Crippen LogP contribution in [-0.4, -0.2) is 36.7 Å². The molecule has 1 heterocycles. The summed E-state index contributed by atoms with van der Waals surface area (Å²) in [6.07, 6.45) is 0. The number of aromatic nitrogens is 2. The molecule has 0 saturated heterocycles. The zero-order valence-electron chi connectivity index (χ0n) is 18.1. The predicted molar refractivity (Wildman–Crippen MR) is 115 cm³/mol. The molecule has 0 radical (unpaired) electrons. The second-order valence-electron chi connectivity index (χ2n) is 6.54. The summed E-state index contributed by atoms with van der Waals surface area (Å²) in [5.41, 5.74) is 0.411. The Labute approximate surface area is 185 Å². The molecule has 168 valence electrons. The lowest BCUT2D eigenvalue weighted by atomic mass is 10.2. The van der Waals surface area contributed by atoms with E-state index in [9.17, 15) is 14.8 Å². The number of ether oxygens (including phenoxy) is 4. The van der Waals surface area contributed by atoms with Gasteiger partial charge in [0.25, 0.3) is 0 Å². The van der Waals surface area contributed by atoms with E-state index in [0.717, 1.165) is 0 Å². The summed E-state index contributed by atoms with van der Waals surface area (Å²) in [7, 11) is 0. The van der Waals surface area contributed by atoms with Gasteiger partial charge in [-0.05, 0) is 57.2 Å². The molecular weight excluding hydrogens is 416 g/mol. The van der Waals surface area contributed by atoms with Gasteiger partial charge in [0, 0.05) is 0 Å². The summed E-state index contributed by atoms with van der Waals surface area (Å²) < 4.78 is 21.6. The van der Waals surface area contributed by atoms with E-state index < -0.39 is 11.9 Å². The molecule has 0 aliphatic rings. The monoisotopic (exact) mass is 440 g/mol. The Bertz CT molecular complexity index is 1110. The van der Waals surface area contributed by atoms with Crippen LogP contribution in [0.15, 0.2) is 42.5 Å². The third kappa shape index (κ3) is 5.05. The summed E-state index contributed by atoms with van der Waals surface area (Å²) in [5.74, 6) is -0.390. The van der Waals surface area contributed by atoms with Crippen LogP contribution in [0.5, 0.6) is 11.5 Å². The minimum Gasteiger partial charge on any atom is -0.618 e. The normalized spacial score (nSPS) is 10.6. The van der Waals surface area contributed by atoms with E-state index in [2.05, 4.69) is 4.98 Å². The minimum atomic E-state index is -0.856. The average molecular weight is 440 g/mol. The lowest BCUT2D eigenvalue weighted by Crippen LogP contribution is -2.39. The largest absolute Gasteiger partial charge is 0.618 e. The van der Waals surface area contributed by atoms with Crippen molar-refractivity contribution in [2.24, 2.45) is 0 Å². The molecule has 9 heteroatoms. The number of carbonyl (C=O) groups is 2. The third-order valence-electron chi connectivity index (χ3n) is 4.42. The minimum absolute atomic E-state index is 0.00519. The van der Waals surface area contributed by atoms with Gasteiger partial charge in [-0.1, -0.05) is 0 Å². The van der Waals surface area contributed by atoms with Gasteiger partial charge >= 0.3 is 17.6 Å². The summed E-state index contributed by atoms with van der Waals surface area (Å²) in [6, 6.07) is 11.2. The van der Waals surface area contributed by atoms with Crippen molar-refractivity contribution in [1.82, 2.24) is 4.98 Å². The maximum Gasteiger partial charge on any atom is 0.407 e. The van der Waals surface area contributed by atoms with Crippen molar-refractivity contribution >= 4 is 23.0 Å². The first-order valence-corrected chi connectivity index (χ1v) is 10.2. The molecule has 3 rings (SSSR count). The molecule has 0 fully saturated rings. The summed E-state index contributed by atoms with van der Waals surface area (Å²) >= 11 is 0. The predicted octanol–water partition coefficient (Wildman–Crippen LogP) is 3.20. The molecule has 2 aromatic carbocycles. The maximum atomic E-state index is 13.0. The van der Waals surface area contributed by atoms with Crippen molar-refractivity contribution < 1.29 is 33.3 Å². The van der Waals surface area contributed by atoms with Gasteiger partial charge < -0.3 is 24.2 Å². The summed E-state index contributed by atoms with van der Waals surface area (Å²) in [4.78, 5) is 29.3. The highest BCUT2D eigenvalue weighted by Gasteiger charge is 2.28. The fourth-order valence-electron chi connectivity index (χ4n) is 3.02. The van der Waals surface area contributed by atoms with Crippen molar-refractivity contribution in [3.63, 3.8) is 0 Å². The quantitative estimate of drug-likeness (QED) is 0.283. The topological polar surface area (TPSA) is 111 Å². The van der Waals surface area contributed by atoms with E-state index in [4.69, 9.17) is 18.9 Å². The first-order valence-electron chi connectivity index (χ1n) is 10.2. The van der Waals surface area contributed by atoms with Crippen LogP contribution >= 0.6 is 0 Å². The van der Waals surface area contributed by atoms with Gasteiger partial charge in [0.05, 0.1) is 31.5 Å². The standard InChI is InChI=1S/C23H24N2O7/c1-4-29-16-9-7-15(8-10-16)22(26)32-14-19-21(23(27)31-6-3)25(28)20-13-17(30-5-2)11-12-18(20)24-19/h7-13H,4-6,14H2,1-3H3. The van der Waals surface area contributed by atoms with Crippen LogP contribution in [0.3, 0.4) is 0 Å². The van der Waals surface area contributed by atoms with Crippen molar-refractivity contribution in [2.75, 3.05) is 19.8 Å². The van der Waals surface area contributed by atoms with Crippen LogP contribution in [0, 0.1) is 5.21 Å². The number of nitrogens with zero attached hydrogens (tertiary/aromatic N) is 2. The first kappa shape index (κ1) is 22.8. The molecule has 0 spiro atoms. The van der Waals surface area contributed by atoms with Gasteiger partial charge in [-0.25, -0.2) is 14.6 Å². The molecule has 0 aliphatic carbocycles. The molecule has 0 atom stereocenters. The molecular formula is C23H24N2O7. The number of carbonyl (C=O) groups excluding carboxylic acids is 2. The van der Waals surface area contributed by atoms with Crippen molar-refractivity contribution in [3.05, 3.63) is 64.6 Å². The van der Waals surface area contributed by atoms with Crippen LogP contribution in [0.2, 0.25) is 0 Å². The SMILES string of the molecule is CCOC(=O)c1c(COC(=O)c2ccc(OCC)cc2)nc2ccc(OCC)cc2[n+]1[O-]. The van der Waals surface area contributed by atoms with Crippen LogP contribution in [0.4, 0.5) is 0 Å². The Morgan fingerprint density at radius 3 is 2.19 bits per heavy atom. The lowest BCUT2D eigenvalue weighted by molar-refractivity contribution is -0.581. The van der Waals surface area contributed by atoms with Gasteiger partial charge in [-0.15, -0.1) is 0 Å². The Morgan fingerprint density at radius 2 is 1.53 bits per heavy atom. The van der Waals surface area contributed by atoms with Gasteiger partial charge in [0.15, 0.2) is 5.69 Å². The van der Waals surface area contributed by atoms with E-state index in [1.165, 1.54) is 6.07 Å². The Morgan fingerprint density at radius 1 is 0.875 bits per heavy atom. The molecule has 9 nitrogen and oxygen atoms in total. The van der Waals surface area contributed by atoms with Gasteiger partial charge in [0.2, 0.25) is 5.52 Å². The van der Waals surface area contributed by atoms with Crippen molar-refractivity contribution in [3.8, 4) is 11.5 Å². The van der Waals surface area contributed by atoms with Crippen LogP contribution in [0.25, 0.3) is 11.0 Å². The van der Waals surface area contributed by atoms with Crippen LogP contribution in [0.1, 0.15) is 47.3 Å². The van der Waals surface area contributed by atoms with Crippen LogP contribution < -0.4 is 14.2 Å². The number of benzene rings is 2. The van der Waals surface area contributed by atoms with E-state index in [-0.39, 0.29) is 30.1 Å². The second kappa shape index (κ2) is 10.4. The molecule has 0 unspecified atom stereocenters. The molecule has 3 aromatic rings. The van der Waals surface area contributed by atoms with Gasteiger partial charge in [-0.2, -0.15) is 4.73 Å². The second-order valence-corrected chi connectivity index (χ2v) is 6.54. The fraction of sp³-hybridized carbons (Fsp3) is 0.304. The van der Waals surface area contributed by atoms with E-state index >= 15 is 0 Å². The Balaban J connectivity index is 1.91. The molecule has 0 N–H and O–H groups in total. The summed E-state index contributed by atoms with van der Waals surface area (Å²) in [5, 5.41) is 13.0. The molecule has 1 aromatic heterocycles. The number of esters is 2. The van der Waals surface area contributed by atoms with Crippen molar-refractivity contribution in [2.45, 2.75) is 27.4 Å². The van der Waals surface area contributed by atoms with Gasteiger partial charge in [0.1, 0.15) is 23.6 Å². The number of hydrogen-bond donors (Lipinski definition) is 0. The third-order valence-corrected chi connectivity index (χ3v) is 4.42. The van der Waals surface area contributed by atoms with Crippen molar-refractivity contribution in [1.29, 1.82) is 0 Å². The van der Waals surface area contributed by atoms with E-state index in [1.54, 1.807) is 43.3 Å². The Kier molecular flexibility index (Phi) is 7.43. The van der Waals surface area contributed by atoms with Gasteiger partial charge in [-0.3, -0.25) is 0 Å². The molecule has 32 heavy (non-hydrogen) atoms. The highest BCUT2D eigenvalue weighted by molar-refractivity contribution is 5.90. The first-order chi connectivity index (χ1) is 15.5. The Hall–Kier alpha value is -3.88. The van der Waals surface area contributed by atoms with E-state index in [0.29, 0.717) is 40.5 Å². The van der Waals surface area contributed by atoms with E-state index in [1.807, 2.05) is 13.8 Å². The summed E-state index contributed by atoms with van der Waals surface area (Å²) in [6.45, 7) is 5.92. The zero-order chi connectivity index (χ0) is 23.1. The average Bonchev–Trinajstić information content (AvgIpc) is 2.79. The fourth-order valence-corrected chi connectivity index (χ4v) is 3.02. The molecule has 0 bridgehead atoms. The molecule has 0 amide bonds. The maximum absolute atomic E-state index is 13.0. The number of rotatable bonds is 9. The number of hydrogen-bond acceptors (Lipinski definition) is 8. The smallest absolute Gasteiger partial charge is 0.407 e. The highest BCUT2D eigenvalue weighted by Crippen LogP contribution is 2.20. The molecule has 0 aliphatic heterocycles. The molecule has 0 saturated carbocycles. The van der Waals surface area contributed by atoms with Crippen LogP contribution in [-0.2, 0) is 16.1 Å². The zero-order valence-corrected chi connectivity index (χ0v) is 18.1. The number of fused-ring (bicyclic) bond motifs is 1. The highest BCUT2D eigenvalue weighted by atomic mass is 16.5.